The molecule has 1 N–H and O–H groups in total. The number of hydrogen-bond donors (Lipinski definition) is 1. The number of nitrogens with zero attached hydrogens (tertiary/aromatic N) is 1. The van der Waals surface area contributed by atoms with Gasteiger partial charge < -0.3 is 5.32 Å². The first-order valence-corrected chi connectivity index (χ1v) is 7.92. The lowest BCUT2D eigenvalue weighted by atomic mass is 10.1. The fourth-order valence-electron chi connectivity index (χ4n) is 1.56. The summed E-state index contributed by atoms with van der Waals surface area (Å²) in [4.78, 5) is 22.4. The molecule has 1 rings (SSSR count). The van der Waals surface area contributed by atoms with Crippen molar-refractivity contribution in [2.45, 2.75) is 19.4 Å². The Morgan fingerprint density at radius 2 is 2.26 bits per heavy atom. The highest BCUT2D eigenvalue weighted by atomic mass is 79.9. The molecule has 0 aliphatic carbocycles. The van der Waals surface area contributed by atoms with Crippen LogP contribution in [0.4, 0.5) is 5.69 Å². The van der Waals surface area contributed by atoms with E-state index in [1.165, 1.54) is 12.1 Å². The van der Waals surface area contributed by atoms with Crippen LogP contribution in [0.15, 0.2) is 22.7 Å². The van der Waals surface area contributed by atoms with Crippen LogP contribution in [0.5, 0.6) is 0 Å². The van der Waals surface area contributed by atoms with Crippen LogP contribution in [0.1, 0.15) is 23.7 Å². The molecule has 19 heavy (non-hydrogen) atoms. The fourth-order valence-corrected chi connectivity index (χ4v) is 2.87. The second kappa shape index (κ2) is 7.49. The van der Waals surface area contributed by atoms with E-state index < -0.39 is 4.92 Å². The zero-order chi connectivity index (χ0) is 14.4. The lowest BCUT2D eigenvalue weighted by Crippen LogP contribution is -2.36. The van der Waals surface area contributed by atoms with Crippen molar-refractivity contribution in [3.63, 3.8) is 0 Å². The highest BCUT2D eigenvalue weighted by Gasteiger charge is 2.20. The molecule has 0 heterocycles. The topological polar surface area (TPSA) is 72.2 Å². The minimum atomic E-state index is -0.514. The van der Waals surface area contributed by atoms with Crippen LogP contribution in [0, 0.1) is 10.1 Å². The van der Waals surface area contributed by atoms with Crippen LogP contribution < -0.4 is 5.32 Å². The van der Waals surface area contributed by atoms with E-state index in [1.54, 1.807) is 17.8 Å². The summed E-state index contributed by atoms with van der Waals surface area (Å²) < 4.78 is 0.219. The Labute approximate surface area is 124 Å². The quantitative estimate of drug-likeness (QED) is 0.633. The number of nitrogens with one attached hydrogen (secondary N) is 1. The van der Waals surface area contributed by atoms with Gasteiger partial charge in [-0.3, -0.25) is 14.9 Å². The van der Waals surface area contributed by atoms with Gasteiger partial charge in [-0.05, 0) is 34.7 Å². The molecule has 1 aromatic carbocycles. The number of nitro benzene ring substituents is 1. The monoisotopic (exact) mass is 346 g/mol. The number of halogens is 1. The summed E-state index contributed by atoms with van der Waals surface area (Å²) >= 11 is 4.77. The van der Waals surface area contributed by atoms with E-state index in [0.29, 0.717) is 0 Å². The Morgan fingerprint density at radius 3 is 2.79 bits per heavy atom. The smallest absolute Gasteiger partial charge is 0.284 e. The van der Waals surface area contributed by atoms with Gasteiger partial charge >= 0.3 is 0 Å². The van der Waals surface area contributed by atoms with E-state index in [9.17, 15) is 14.9 Å². The SMILES string of the molecule is CCC(CSC)NC(=O)c1cccc([N+](=O)[O-])c1Br. The fraction of sp³-hybridized carbons (Fsp3) is 0.417. The third-order valence-corrected chi connectivity index (χ3v) is 4.18. The highest BCUT2D eigenvalue weighted by molar-refractivity contribution is 9.10. The molecule has 1 unspecified atom stereocenters. The maximum absolute atomic E-state index is 12.1. The van der Waals surface area contributed by atoms with Gasteiger partial charge in [-0.1, -0.05) is 13.0 Å². The van der Waals surface area contributed by atoms with Gasteiger partial charge in [0.05, 0.1) is 10.5 Å². The van der Waals surface area contributed by atoms with Crippen molar-refractivity contribution in [3.05, 3.63) is 38.3 Å². The molecule has 0 radical (unpaired) electrons. The first-order chi connectivity index (χ1) is 9.01. The number of amides is 1. The summed E-state index contributed by atoms with van der Waals surface area (Å²) in [6, 6.07) is 4.50. The third kappa shape index (κ3) is 4.21. The van der Waals surface area contributed by atoms with E-state index in [-0.39, 0.29) is 27.7 Å². The summed E-state index contributed by atoms with van der Waals surface area (Å²) in [5.41, 5.74) is 0.180. The second-order valence-electron chi connectivity index (χ2n) is 3.93. The summed E-state index contributed by atoms with van der Waals surface area (Å²) in [6.45, 7) is 1.99. The van der Waals surface area contributed by atoms with Crippen molar-refractivity contribution >= 4 is 39.3 Å². The zero-order valence-corrected chi connectivity index (χ0v) is 13.1. The zero-order valence-electron chi connectivity index (χ0n) is 10.7. The van der Waals surface area contributed by atoms with Crippen molar-refractivity contribution in [1.82, 2.24) is 5.32 Å². The van der Waals surface area contributed by atoms with Gasteiger partial charge in [0.1, 0.15) is 4.47 Å². The predicted octanol–water partition coefficient (Wildman–Crippen LogP) is 3.23. The van der Waals surface area contributed by atoms with Crippen LogP contribution in [0.3, 0.4) is 0 Å². The Bertz CT molecular complexity index is 482. The van der Waals surface area contributed by atoms with Gasteiger partial charge in [0, 0.05) is 17.9 Å². The van der Waals surface area contributed by atoms with Crippen LogP contribution in [-0.4, -0.2) is 28.9 Å². The molecular formula is C12H15BrN2O3S. The van der Waals surface area contributed by atoms with E-state index >= 15 is 0 Å². The van der Waals surface area contributed by atoms with Crippen molar-refractivity contribution in [1.29, 1.82) is 0 Å². The molecule has 104 valence electrons. The summed E-state index contributed by atoms with van der Waals surface area (Å²) in [7, 11) is 0. The van der Waals surface area contributed by atoms with Gasteiger partial charge in [-0.2, -0.15) is 11.8 Å². The molecule has 5 nitrogen and oxygen atoms in total. The van der Waals surface area contributed by atoms with Crippen molar-refractivity contribution < 1.29 is 9.72 Å². The molecule has 0 saturated heterocycles. The molecule has 1 aromatic rings. The van der Waals surface area contributed by atoms with Crippen molar-refractivity contribution in [3.8, 4) is 0 Å². The number of carbonyl (C=O) groups excluding carboxylic acids is 1. The summed E-state index contributed by atoms with van der Waals surface area (Å²) in [6.07, 6.45) is 2.79. The van der Waals surface area contributed by atoms with Crippen LogP contribution >= 0.6 is 27.7 Å². The Morgan fingerprint density at radius 1 is 1.58 bits per heavy atom. The number of carbonyl (C=O) groups is 1. The maximum Gasteiger partial charge on any atom is 0.284 e. The van der Waals surface area contributed by atoms with Crippen molar-refractivity contribution in [2.24, 2.45) is 0 Å². The number of nitro groups is 1. The first-order valence-electron chi connectivity index (χ1n) is 5.74. The number of rotatable bonds is 6. The van der Waals surface area contributed by atoms with Gasteiger partial charge in [-0.25, -0.2) is 0 Å². The molecule has 0 aliphatic rings. The minimum Gasteiger partial charge on any atom is -0.348 e. The number of benzene rings is 1. The largest absolute Gasteiger partial charge is 0.348 e. The van der Waals surface area contributed by atoms with Gasteiger partial charge in [0.2, 0.25) is 0 Å². The molecule has 0 aromatic heterocycles. The van der Waals surface area contributed by atoms with Gasteiger partial charge in [-0.15, -0.1) is 0 Å². The predicted molar refractivity (Wildman–Crippen MR) is 80.7 cm³/mol. The van der Waals surface area contributed by atoms with Gasteiger partial charge in [0.15, 0.2) is 0 Å². The maximum atomic E-state index is 12.1. The summed E-state index contributed by atoms with van der Waals surface area (Å²) in [5, 5.41) is 13.7. The van der Waals surface area contributed by atoms with E-state index in [2.05, 4.69) is 21.2 Å². The van der Waals surface area contributed by atoms with E-state index in [0.717, 1.165) is 12.2 Å². The van der Waals surface area contributed by atoms with Crippen molar-refractivity contribution in [2.75, 3.05) is 12.0 Å². The van der Waals surface area contributed by atoms with Crippen LogP contribution in [-0.2, 0) is 0 Å². The highest BCUT2D eigenvalue weighted by Crippen LogP contribution is 2.28. The Hall–Kier alpha value is -1.08. The minimum absolute atomic E-state index is 0.0636. The van der Waals surface area contributed by atoms with Gasteiger partial charge in [0.25, 0.3) is 11.6 Å². The first kappa shape index (κ1) is 16.0. The molecule has 0 spiro atoms. The molecule has 7 heteroatoms. The number of thioether (sulfide) groups is 1. The molecule has 0 bridgehead atoms. The lowest BCUT2D eigenvalue weighted by Gasteiger charge is -2.16. The Kier molecular flexibility index (Phi) is 6.30. The number of hydrogen-bond acceptors (Lipinski definition) is 4. The lowest BCUT2D eigenvalue weighted by molar-refractivity contribution is -0.385. The average molecular weight is 347 g/mol. The summed E-state index contributed by atoms with van der Waals surface area (Å²) in [5.74, 6) is 0.519. The molecule has 1 atom stereocenters. The van der Waals surface area contributed by atoms with E-state index in [1.807, 2.05) is 13.2 Å². The van der Waals surface area contributed by atoms with Crippen LogP contribution in [0.25, 0.3) is 0 Å². The molecular weight excluding hydrogens is 332 g/mol. The standard InChI is InChI=1S/C12H15BrN2O3S/c1-3-8(7-19-2)14-12(16)9-5-4-6-10(11(9)13)15(17)18/h4-6,8H,3,7H2,1-2H3,(H,14,16). The molecule has 0 saturated carbocycles. The van der Waals surface area contributed by atoms with Crippen LogP contribution in [0.2, 0.25) is 0 Å². The molecule has 1 amide bonds. The second-order valence-corrected chi connectivity index (χ2v) is 5.63. The average Bonchev–Trinajstić information content (AvgIpc) is 2.37. The normalized spacial score (nSPS) is 11.9. The third-order valence-electron chi connectivity index (χ3n) is 2.62. The van der Waals surface area contributed by atoms with E-state index in [4.69, 9.17) is 0 Å². The molecule has 0 aliphatic heterocycles. The molecule has 0 fully saturated rings. The Balaban J connectivity index is 2.94.